The Labute approximate surface area is 202 Å². The summed E-state index contributed by atoms with van der Waals surface area (Å²) < 4.78 is 30.7. The minimum absolute atomic E-state index is 0.0104. The van der Waals surface area contributed by atoms with Gasteiger partial charge in [-0.1, -0.05) is 23.9 Å². The molecule has 2 aliphatic rings. The highest BCUT2D eigenvalue weighted by Gasteiger charge is 2.50. The van der Waals surface area contributed by atoms with Gasteiger partial charge in [-0.25, -0.2) is 14.2 Å². The highest BCUT2D eigenvalue weighted by molar-refractivity contribution is 5.99. The van der Waals surface area contributed by atoms with Crippen LogP contribution in [0.5, 0.6) is 0 Å². The second-order valence-electron chi connectivity index (χ2n) is 8.22. The van der Waals surface area contributed by atoms with Crippen LogP contribution in [0.15, 0.2) is 51.6 Å². The number of nitrogens with zero attached hydrogens (tertiary/aromatic N) is 3. The number of benzene rings is 1. The minimum Gasteiger partial charge on any atom is -0.478 e. The summed E-state index contributed by atoms with van der Waals surface area (Å²) in [6.07, 6.45) is 8.84. The molecule has 4 rings (SSSR count). The van der Waals surface area contributed by atoms with Gasteiger partial charge in [-0.2, -0.15) is 0 Å². The van der Waals surface area contributed by atoms with E-state index in [4.69, 9.17) is 14.0 Å². The van der Waals surface area contributed by atoms with Gasteiger partial charge in [-0.3, -0.25) is 4.99 Å². The fourth-order valence-electron chi connectivity index (χ4n) is 4.21. The molecule has 9 nitrogen and oxygen atoms in total. The number of aliphatic imine (C=N–C) groups is 2. The molecular weight excluding hydrogens is 455 g/mol. The number of fused-ring (bicyclic) bond motifs is 1. The van der Waals surface area contributed by atoms with Gasteiger partial charge >= 0.3 is 5.97 Å². The Morgan fingerprint density at radius 2 is 2.26 bits per heavy atom. The maximum absolute atomic E-state index is 15.0. The Kier molecular flexibility index (Phi) is 7.11. The SMILES string of the molecule is C=C/C(=C\C/C=N\C(C)OC)c1cc(F)c2c(c1NC1=NCC(C(=O)O)(c3ccon3)O1)CCC2. The highest BCUT2D eigenvalue weighted by Crippen LogP contribution is 2.39. The van der Waals surface area contributed by atoms with Gasteiger partial charge in [0.2, 0.25) is 0 Å². The number of aliphatic carboxylic acids is 1. The van der Waals surface area contributed by atoms with Crippen molar-refractivity contribution in [1.29, 1.82) is 0 Å². The Morgan fingerprint density at radius 3 is 2.94 bits per heavy atom. The van der Waals surface area contributed by atoms with Crippen LogP contribution in [0.4, 0.5) is 10.1 Å². The van der Waals surface area contributed by atoms with Gasteiger partial charge in [0.25, 0.3) is 11.6 Å². The zero-order valence-corrected chi connectivity index (χ0v) is 19.6. The largest absolute Gasteiger partial charge is 0.478 e. The van der Waals surface area contributed by atoms with Gasteiger partial charge in [0.05, 0.1) is 5.69 Å². The van der Waals surface area contributed by atoms with Crippen molar-refractivity contribution in [3.8, 4) is 0 Å². The lowest BCUT2D eigenvalue weighted by Gasteiger charge is -2.22. The number of carboxylic acid groups (broad SMARTS) is 1. The van der Waals surface area contributed by atoms with Gasteiger partial charge in [-0.05, 0) is 49.0 Å². The molecule has 10 heteroatoms. The number of allylic oxidation sites excluding steroid dienone is 3. The fourth-order valence-corrected chi connectivity index (χ4v) is 4.21. The number of halogens is 1. The van der Waals surface area contributed by atoms with Crippen LogP contribution in [0.25, 0.3) is 5.57 Å². The summed E-state index contributed by atoms with van der Waals surface area (Å²) in [4.78, 5) is 20.6. The van der Waals surface area contributed by atoms with E-state index in [-0.39, 0.29) is 30.3 Å². The summed E-state index contributed by atoms with van der Waals surface area (Å²) in [5, 5.41) is 16.8. The summed E-state index contributed by atoms with van der Waals surface area (Å²) in [7, 11) is 1.58. The van der Waals surface area contributed by atoms with Crippen LogP contribution in [-0.4, -0.2) is 48.4 Å². The normalized spacial score (nSPS) is 20.4. The van der Waals surface area contributed by atoms with Crippen LogP contribution >= 0.6 is 0 Å². The molecule has 0 fully saturated rings. The molecule has 2 atom stereocenters. The van der Waals surface area contributed by atoms with Crippen molar-refractivity contribution in [3.05, 3.63) is 65.3 Å². The summed E-state index contributed by atoms with van der Waals surface area (Å²) in [6.45, 7) is 5.54. The summed E-state index contributed by atoms with van der Waals surface area (Å²) >= 11 is 0. The number of nitrogens with one attached hydrogen (secondary N) is 1. The molecule has 184 valence electrons. The third-order valence-corrected chi connectivity index (χ3v) is 6.12. The van der Waals surface area contributed by atoms with Gasteiger partial charge in [0.15, 0.2) is 0 Å². The van der Waals surface area contributed by atoms with Gasteiger partial charge in [-0.15, -0.1) is 0 Å². The van der Waals surface area contributed by atoms with E-state index < -0.39 is 11.6 Å². The number of anilines is 1. The van der Waals surface area contributed by atoms with Crippen molar-refractivity contribution in [2.45, 2.75) is 44.4 Å². The van der Waals surface area contributed by atoms with Crippen LogP contribution in [0.2, 0.25) is 0 Å². The zero-order valence-electron chi connectivity index (χ0n) is 19.6. The summed E-state index contributed by atoms with van der Waals surface area (Å²) in [6, 6.07) is 2.90. The van der Waals surface area contributed by atoms with E-state index >= 15 is 4.39 Å². The molecule has 0 amide bonds. The summed E-state index contributed by atoms with van der Waals surface area (Å²) in [5.41, 5.74) is 1.64. The minimum atomic E-state index is -1.80. The Morgan fingerprint density at radius 1 is 1.46 bits per heavy atom. The van der Waals surface area contributed by atoms with Gasteiger partial charge < -0.3 is 24.4 Å². The van der Waals surface area contributed by atoms with Crippen molar-refractivity contribution in [3.63, 3.8) is 0 Å². The van der Waals surface area contributed by atoms with E-state index in [1.54, 1.807) is 19.4 Å². The first-order valence-corrected chi connectivity index (χ1v) is 11.3. The number of hydrogen-bond acceptors (Lipinski definition) is 8. The Hall–Kier alpha value is -3.79. The third-order valence-electron chi connectivity index (χ3n) is 6.12. The van der Waals surface area contributed by atoms with E-state index in [1.807, 2.05) is 13.0 Å². The molecule has 0 saturated carbocycles. The average molecular weight is 483 g/mol. The number of rotatable bonds is 9. The molecule has 0 radical (unpaired) electrons. The molecule has 2 unspecified atom stereocenters. The zero-order chi connectivity index (χ0) is 25.0. The average Bonchev–Trinajstić information content (AvgIpc) is 3.61. The Balaban J connectivity index is 1.67. The molecule has 1 aromatic heterocycles. The topological polar surface area (TPSA) is 119 Å². The molecule has 2 heterocycles. The number of hydrogen-bond donors (Lipinski definition) is 2. The maximum atomic E-state index is 15.0. The van der Waals surface area contributed by atoms with E-state index in [0.717, 1.165) is 12.0 Å². The monoisotopic (exact) mass is 482 g/mol. The molecule has 1 aliphatic carbocycles. The van der Waals surface area contributed by atoms with Crippen LogP contribution in [-0.2, 0) is 32.7 Å². The van der Waals surface area contributed by atoms with Crippen molar-refractivity contribution in [1.82, 2.24) is 5.16 Å². The number of methoxy groups -OCH3 is 1. The quantitative estimate of drug-likeness (QED) is 0.408. The number of carboxylic acids is 1. The van der Waals surface area contributed by atoms with E-state index in [0.29, 0.717) is 41.6 Å². The number of amidine groups is 1. The number of ether oxygens (including phenoxy) is 2. The molecule has 35 heavy (non-hydrogen) atoms. The molecule has 0 saturated heterocycles. The molecule has 0 bridgehead atoms. The first-order valence-electron chi connectivity index (χ1n) is 11.3. The number of aromatic nitrogens is 1. The predicted molar refractivity (Wildman–Crippen MR) is 129 cm³/mol. The number of carbonyl (C=O) groups is 1. The maximum Gasteiger partial charge on any atom is 0.356 e. The molecule has 2 aromatic rings. The molecular formula is C25H27FN4O5. The van der Waals surface area contributed by atoms with Crippen LogP contribution in [0, 0.1) is 5.82 Å². The second-order valence-corrected chi connectivity index (χ2v) is 8.22. The van der Waals surface area contributed by atoms with E-state index in [2.05, 4.69) is 27.0 Å². The van der Waals surface area contributed by atoms with E-state index in [9.17, 15) is 9.90 Å². The predicted octanol–water partition coefficient (Wildman–Crippen LogP) is 4.10. The van der Waals surface area contributed by atoms with Crippen molar-refractivity contribution in [2.75, 3.05) is 19.0 Å². The van der Waals surface area contributed by atoms with Crippen molar-refractivity contribution >= 4 is 29.5 Å². The van der Waals surface area contributed by atoms with Crippen LogP contribution < -0.4 is 5.32 Å². The molecule has 0 spiro atoms. The van der Waals surface area contributed by atoms with Crippen LogP contribution in [0.3, 0.4) is 0 Å². The third kappa shape index (κ3) is 4.74. The fraction of sp³-hybridized carbons (Fsp3) is 0.360. The smallest absolute Gasteiger partial charge is 0.356 e. The lowest BCUT2D eigenvalue weighted by atomic mass is 9.96. The molecule has 1 aliphatic heterocycles. The lowest BCUT2D eigenvalue weighted by molar-refractivity contribution is -0.155. The first-order chi connectivity index (χ1) is 16.9. The van der Waals surface area contributed by atoms with Gasteiger partial charge in [0, 0.05) is 31.4 Å². The van der Waals surface area contributed by atoms with Crippen LogP contribution in [0.1, 0.15) is 42.1 Å². The van der Waals surface area contributed by atoms with Crippen molar-refractivity contribution < 1.29 is 28.3 Å². The van der Waals surface area contributed by atoms with Gasteiger partial charge in [0.1, 0.15) is 30.5 Å². The highest BCUT2D eigenvalue weighted by atomic mass is 19.1. The Bertz CT molecular complexity index is 1200. The van der Waals surface area contributed by atoms with Crippen molar-refractivity contribution in [2.24, 2.45) is 9.98 Å². The second kappa shape index (κ2) is 10.2. The first kappa shape index (κ1) is 24.3. The molecule has 2 N–H and O–H groups in total. The summed E-state index contributed by atoms with van der Waals surface area (Å²) in [5.74, 6) is -1.53. The standard InChI is InChI=1S/C25H27FN4O5/c1-4-16(7-6-11-27-15(2)33-3)19-13-20(26)17-8-5-9-18(17)22(19)29-24-28-14-25(35-24,23(31)32)21-10-12-34-30-21/h4,7,10-13,15H,1,5-6,8-9,14H2,2-3H3,(H,28,29)(H,31,32)/b16-7+,27-11-. The lowest BCUT2D eigenvalue weighted by Crippen LogP contribution is -2.40. The molecule has 1 aromatic carbocycles. The van der Waals surface area contributed by atoms with E-state index in [1.165, 1.54) is 18.4 Å².